The summed E-state index contributed by atoms with van der Waals surface area (Å²) in [6.07, 6.45) is 1.15. The van der Waals surface area contributed by atoms with E-state index in [9.17, 15) is 0 Å². The number of thiophene rings is 1. The summed E-state index contributed by atoms with van der Waals surface area (Å²) < 4.78 is 0. The maximum Gasteiger partial charge on any atom is 0.0516 e. The number of rotatable bonds is 2. The Labute approximate surface area is 100 Å². The molecule has 15 heavy (non-hydrogen) atoms. The first-order valence-corrected chi connectivity index (χ1v) is 6.60. The zero-order chi connectivity index (χ0) is 10.8. The summed E-state index contributed by atoms with van der Waals surface area (Å²) in [5.74, 6) is 0.712. The third-order valence-corrected chi connectivity index (χ3v) is 4.04. The zero-order valence-electron chi connectivity index (χ0n) is 8.95. The van der Waals surface area contributed by atoms with Crippen LogP contribution in [0.1, 0.15) is 18.2 Å². The molecule has 1 aromatic heterocycles. The van der Waals surface area contributed by atoms with Gasteiger partial charge in [0, 0.05) is 35.9 Å². The van der Waals surface area contributed by atoms with Crippen LogP contribution in [-0.2, 0) is 6.54 Å². The van der Waals surface area contributed by atoms with Gasteiger partial charge in [0.2, 0.25) is 0 Å². The summed E-state index contributed by atoms with van der Waals surface area (Å²) in [7, 11) is 0. The number of piperidine rings is 1. The number of nitrogens with two attached hydrogens (primary N) is 1. The standard InChI is InChI=1S/C11H17ClN2S/c1-8-2-10(13)5-14(4-8)6-11-3-9(12)7-15-11/h3,7-8,10H,2,4-6,13H2,1H3. The number of nitrogens with zero attached hydrogens (tertiary/aromatic N) is 1. The predicted octanol–water partition coefficient (Wildman–Crippen LogP) is 2.57. The second kappa shape index (κ2) is 4.83. The molecule has 2 atom stereocenters. The van der Waals surface area contributed by atoms with Gasteiger partial charge in [-0.1, -0.05) is 18.5 Å². The van der Waals surface area contributed by atoms with Crippen LogP contribution in [0.25, 0.3) is 0 Å². The number of hydrogen-bond donors (Lipinski definition) is 1. The van der Waals surface area contributed by atoms with Crippen molar-refractivity contribution in [1.29, 1.82) is 0 Å². The molecule has 0 aromatic carbocycles. The highest BCUT2D eigenvalue weighted by Crippen LogP contribution is 2.23. The molecule has 0 radical (unpaired) electrons. The van der Waals surface area contributed by atoms with E-state index in [2.05, 4.69) is 17.9 Å². The van der Waals surface area contributed by atoms with Gasteiger partial charge in [-0.15, -0.1) is 11.3 Å². The Morgan fingerprint density at radius 3 is 3.00 bits per heavy atom. The van der Waals surface area contributed by atoms with Gasteiger partial charge in [0.1, 0.15) is 0 Å². The molecule has 1 fully saturated rings. The largest absolute Gasteiger partial charge is 0.327 e. The van der Waals surface area contributed by atoms with Gasteiger partial charge in [0.05, 0.1) is 5.02 Å². The summed E-state index contributed by atoms with van der Waals surface area (Å²) in [6, 6.07) is 2.39. The van der Waals surface area contributed by atoms with E-state index >= 15 is 0 Å². The van der Waals surface area contributed by atoms with Crippen molar-refractivity contribution >= 4 is 22.9 Å². The second-order valence-corrected chi connectivity index (χ2v) is 5.96. The van der Waals surface area contributed by atoms with Crippen molar-refractivity contribution in [3.8, 4) is 0 Å². The van der Waals surface area contributed by atoms with Crippen molar-refractivity contribution in [3.63, 3.8) is 0 Å². The molecule has 1 aromatic rings. The average Bonchev–Trinajstić information content (AvgIpc) is 2.49. The molecule has 0 saturated carbocycles. The highest BCUT2D eigenvalue weighted by atomic mass is 35.5. The summed E-state index contributed by atoms with van der Waals surface area (Å²) >= 11 is 7.63. The fraction of sp³-hybridized carbons (Fsp3) is 0.636. The molecule has 0 spiro atoms. The predicted molar refractivity (Wildman–Crippen MR) is 66.4 cm³/mol. The lowest BCUT2D eigenvalue weighted by Gasteiger charge is -2.34. The molecule has 1 saturated heterocycles. The van der Waals surface area contributed by atoms with Crippen molar-refractivity contribution in [2.45, 2.75) is 25.9 Å². The van der Waals surface area contributed by atoms with E-state index in [0.29, 0.717) is 12.0 Å². The first-order valence-electron chi connectivity index (χ1n) is 5.34. The van der Waals surface area contributed by atoms with E-state index in [1.807, 2.05) is 5.38 Å². The molecule has 0 aliphatic carbocycles. The van der Waals surface area contributed by atoms with Crippen LogP contribution >= 0.6 is 22.9 Å². The van der Waals surface area contributed by atoms with Gasteiger partial charge >= 0.3 is 0 Å². The zero-order valence-corrected chi connectivity index (χ0v) is 10.5. The third-order valence-electron chi connectivity index (χ3n) is 2.77. The van der Waals surface area contributed by atoms with Crippen LogP contribution in [-0.4, -0.2) is 24.0 Å². The lowest BCUT2D eigenvalue weighted by molar-refractivity contribution is 0.159. The number of halogens is 1. The molecule has 0 amide bonds. The first kappa shape index (κ1) is 11.4. The lowest BCUT2D eigenvalue weighted by atomic mass is 9.97. The van der Waals surface area contributed by atoms with Gasteiger partial charge in [0.15, 0.2) is 0 Å². The molecular weight excluding hydrogens is 228 g/mol. The molecule has 1 aliphatic rings. The minimum Gasteiger partial charge on any atom is -0.327 e. The molecule has 2 N–H and O–H groups in total. The van der Waals surface area contributed by atoms with Gasteiger partial charge in [-0.05, 0) is 18.4 Å². The van der Waals surface area contributed by atoms with Gasteiger partial charge < -0.3 is 5.73 Å². The normalized spacial score (nSPS) is 28.2. The Kier molecular flexibility index (Phi) is 3.67. The topological polar surface area (TPSA) is 29.3 Å². The van der Waals surface area contributed by atoms with Crippen LogP contribution in [0.15, 0.2) is 11.4 Å². The summed E-state index contributed by atoms with van der Waals surface area (Å²) in [4.78, 5) is 3.77. The monoisotopic (exact) mass is 244 g/mol. The number of likely N-dealkylation sites (tertiary alicyclic amines) is 1. The van der Waals surface area contributed by atoms with Crippen LogP contribution in [0.3, 0.4) is 0 Å². The van der Waals surface area contributed by atoms with Crippen molar-refractivity contribution in [3.05, 3.63) is 21.3 Å². The van der Waals surface area contributed by atoms with E-state index < -0.39 is 0 Å². The molecule has 1 aliphatic heterocycles. The third kappa shape index (κ3) is 3.18. The van der Waals surface area contributed by atoms with Gasteiger partial charge in [-0.3, -0.25) is 4.90 Å². The summed E-state index contributed by atoms with van der Waals surface area (Å²) in [6.45, 7) is 5.44. The minimum absolute atomic E-state index is 0.337. The van der Waals surface area contributed by atoms with E-state index in [0.717, 1.165) is 31.1 Å². The van der Waals surface area contributed by atoms with Crippen LogP contribution < -0.4 is 5.73 Å². The van der Waals surface area contributed by atoms with E-state index in [-0.39, 0.29) is 0 Å². The molecule has 4 heteroatoms. The Bertz CT molecular complexity index is 316. The number of hydrogen-bond acceptors (Lipinski definition) is 3. The Morgan fingerprint density at radius 1 is 1.60 bits per heavy atom. The van der Waals surface area contributed by atoms with Crippen molar-refractivity contribution < 1.29 is 0 Å². The van der Waals surface area contributed by atoms with E-state index in [1.165, 1.54) is 4.88 Å². The molecule has 0 bridgehead atoms. The molecule has 84 valence electrons. The second-order valence-electron chi connectivity index (χ2n) is 4.53. The Morgan fingerprint density at radius 2 is 2.40 bits per heavy atom. The van der Waals surface area contributed by atoms with Crippen molar-refractivity contribution in [2.24, 2.45) is 11.7 Å². The quantitative estimate of drug-likeness (QED) is 0.867. The molecule has 2 nitrogen and oxygen atoms in total. The van der Waals surface area contributed by atoms with Crippen molar-refractivity contribution in [1.82, 2.24) is 4.90 Å². The van der Waals surface area contributed by atoms with Gasteiger partial charge in [-0.2, -0.15) is 0 Å². The average molecular weight is 245 g/mol. The SMILES string of the molecule is CC1CC(N)CN(Cc2cc(Cl)cs2)C1. The van der Waals surface area contributed by atoms with Gasteiger partial charge in [-0.25, -0.2) is 0 Å². The smallest absolute Gasteiger partial charge is 0.0516 e. The maximum atomic E-state index is 6.01. The minimum atomic E-state index is 0.337. The fourth-order valence-corrected chi connectivity index (χ4v) is 3.41. The first-order chi connectivity index (χ1) is 7.13. The highest BCUT2D eigenvalue weighted by Gasteiger charge is 2.22. The maximum absolute atomic E-state index is 6.01. The highest BCUT2D eigenvalue weighted by molar-refractivity contribution is 7.10. The van der Waals surface area contributed by atoms with Crippen LogP contribution in [0.5, 0.6) is 0 Å². The van der Waals surface area contributed by atoms with Crippen LogP contribution in [0.2, 0.25) is 5.02 Å². The molecule has 2 unspecified atom stereocenters. The fourth-order valence-electron chi connectivity index (χ4n) is 2.30. The van der Waals surface area contributed by atoms with E-state index in [1.54, 1.807) is 11.3 Å². The Hall–Kier alpha value is -0.0900. The van der Waals surface area contributed by atoms with E-state index in [4.69, 9.17) is 17.3 Å². The molecule has 2 heterocycles. The van der Waals surface area contributed by atoms with Crippen LogP contribution in [0, 0.1) is 5.92 Å². The summed E-state index contributed by atoms with van der Waals surface area (Å²) in [5.41, 5.74) is 6.01. The molecule has 2 rings (SSSR count). The molecular formula is C11H17ClN2S. The van der Waals surface area contributed by atoms with Gasteiger partial charge in [0.25, 0.3) is 0 Å². The lowest BCUT2D eigenvalue weighted by Crippen LogP contribution is -2.45. The van der Waals surface area contributed by atoms with Crippen molar-refractivity contribution in [2.75, 3.05) is 13.1 Å². The Balaban J connectivity index is 1.94. The van der Waals surface area contributed by atoms with Crippen LogP contribution in [0.4, 0.5) is 0 Å². The summed E-state index contributed by atoms with van der Waals surface area (Å²) in [5, 5.41) is 2.84.